The number of hydrogen-bond donors (Lipinski definition) is 1. The van der Waals surface area contributed by atoms with Gasteiger partial charge in [0.2, 0.25) is 0 Å². The zero-order valence-corrected chi connectivity index (χ0v) is 12.2. The Morgan fingerprint density at radius 3 is 2.86 bits per heavy atom. The molecule has 2 nitrogen and oxygen atoms in total. The summed E-state index contributed by atoms with van der Waals surface area (Å²) in [5, 5.41) is 3.88. The zero-order valence-electron chi connectivity index (χ0n) is 11.4. The number of rotatable bonds is 7. The topological polar surface area (TPSA) is 21.3 Å². The molecule has 0 bridgehead atoms. The molecule has 0 aliphatic heterocycles. The molecular formula is C15H16F3NOS. The molecule has 0 radical (unpaired) electrons. The quantitative estimate of drug-likeness (QED) is 0.831. The van der Waals surface area contributed by atoms with Gasteiger partial charge in [0.05, 0.1) is 6.61 Å². The zero-order chi connectivity index (χ0) is 14.8. The van der Waals surface area contributed by atoms with Crippen molar-refractivity contribution in [2.45, 2.75) is 38.5 Å². The van der Waals surface area contributed by atoms with Gasteiger partial charge in [-0.2, -0.15) is 0 Å². The van der Waals surface area contributed by atoms with Gasteiger partial charge in [0.1, 0.15) is 12.4 Å². The summed E-state index contributed by atoms with van der Waals surface area (Å²) in [6, 6.07) is 5.44. The summed E-state index contributed by atoms with van der Waals surface area (Å²) in [7, 11) is 0. The third-order valence-electron chi connectivity index (χ3n) is 3.47. The Bertz CT molecular complexity index is 625. The van der Waals surface area contributed by atoms with Gasteiger partial charge in [-0.25, -0.2) is 13.2 Å². The molecule has 0 unspecified atom stereocenters. The maximum atomic E-state index is 14.0. The van der Waals surface area contributed by atoms with Gasteiger partial charge in [-0.05, 0) is 25.0 Å². The van der Waals surface area contributed by atoms with Crippen molar-refractivity contribution in [2.24, 2.45) is 0 Å². The lowest BCUT2D eigenvalue weighted by atomic mass is 10.1. The van der Waals surface area contributed by atoms with Gasteiger partial charge in [-0.3, -0.25) is 0 Å². The summed E-state index contributed by atoms with van der Waals surface area (Å²) < 4.78 is 44.3. The van der Waals surface area contributed by atoms with Gasteiger partial charge >= 0.3 is 0 Å². The molecule has 21 heavy (non-hydrogen) atoms. The molecule has 1 aromatic heterocycles. The fourth-order valence-corrected chi connectivity index (χ4v) is 3.46. The van der Waals surface area contributed by atoms with Crippen molar-refractivity contribution in [3.05, 3.63) is 34.5 Å². The minimum atomic E-state index is -2.51. The highest BCUT2D eigenvalue weighted by molar-refractivity contribution is 7.19. The van der Waals surface area contributed by atoms with E-state index in [-0.39, 0.29) is 12.4 Å². The van der Waals surface area contributed by atoms with Crippen LogP contribution < -0.4 is 5.32 Å². The normalized spacial score (nSPS) is 15.2. The number of thiophene rings is 1. The maximum Gasteiger partial charge on any atom is 0.261 e. The van der Waals surface area contributed by atoms with Gasteiger partial charge < -0.3 is 10.1 Å². The molecule has 1 heterocycles. The van der Waals surface area contributed by atoms with Gasteiger partial charge in [-0.1, -0.05) is 6.07 Å². The van der Waals surface area contributed by atoms with Crippen molar-refractivity contribution in [3.8, 4) is 0 Å². The van der Waals surface area contributed by atoms with E-state index in [4.69, 9.17) is 4.74 Å². The Balaban J connectivity index is 1.85. The molecule has 2 aromatic rings. The van der Waals surface area contributed by atoms with Crippen LogP contribution in [0.15, 0.2) is 18.2 Å². The summed E-state index contributed by atoms with van der Waals surface area (Å²) in [6.45, 7) is 0.0328. The van der Waals surface area contributed by atoms with Crippen LogP contribution in [0.5, 0.6) is 0 Å². The summed E-state index contributed by atoms with van der Waals surface area (Å²) in [4.78, 5) is 0.969. The third-order valence-corrected chi connectivity index (χ3v) is 4.66. The molecule has 1 aliphatic carbocycles. The lowest BCUT2D eigenvalue weighted by molar-refractivity contribution is 0.0101. The van der Waals surface area contributed by atoms with Crippen molar-refractivity contribution in [3.63, 3.8) is 0 Å². The largest absolute Gasteiger partial charge is 0.371 e. The average molecular weight is 315 g/mol. The fraction of sp³-hybridized carbons (Fsp3) is 0.467. The lowest BCUT2D eigenvalue weighted by Gasteiger charge is -2.07. The predicted octanol–water partition coefficient (Wildman–Crippen LogP) is 4.07. The molecule has 1 saturated carbocycles. The summed E-state index contributed by atoms with van der Waals surface area (Å²) >= 11 is 1.50. The first-order valence-corrected chi connectivity index (χ1v) is 7.75. The van der Waals surface area contributed by atoms with Crippen LogP contribution >= 0.6 is 11.3 Å². The second-order valence-corrected chi connectivity index (χ2v) is 6.31. The average Bonchev–Trinajstić information content (AvgIpc) is 3.19. The predicted molar refractivity (Wildman–Crippen MR) is 77.3 cm³/mol. The summed E-state index contributed by atoms with van der Waals surface area (Å²) in [5.74, 6) is -0.322. The van der Waals surface area contributed by atoms with Crippen LogP contribution in [0.4, 0.5) is 13.2 Å². The Morgan fingerprint density at radius 1 is 1.33 bits per heavy atom. The minimum Gasteiger partial charge on any atom is -0.371 e. The highest BCUT2D eigenvalue weighted by atomic mass is 32.1. The van der Waals surface area contributed by atoms with Crippen molar-refractivity contribution >= 4 is 21.4 Å². The molecule has 0 saturated heterocycles. The van der Waals surface area contributed by atoms with Crippen LogP contribution in [-0.2, 0) is 17.9 Å². The van der Waals surface area contributed by atoms with Gasteiger partial charge in [-0.15, -0.1) is 11.3 Å². The van der Waals surface area contributed by atoms with Gasteiger partial charge in [0.25, 0.3) is 6.43 Å². The van der Waals surface area contributed by atoms with E-state index in [1.54, 1.807) is 6.07 Å². The number of hydrogen-bond acceptors (Lipinski definition) is 3. The lowest BCUT2D eigenvalue weighted by Crippen LogP contribution is -2.15. The van der Waals surface area contributed by atoms with E-state index < -0.39 is 13.0 Å². The Kier molecular flexibility index (Phi) is 4.47. The van der Waals surface area contributed by atoms with E-state index in [1.165, 1.54) is 17.4 Å². The molecule has 1 aromatic carbocycles. The number of ether oxygens (including phenoxy) is 1. The van der Waals surface area contributed by atoms with E-state index in [9.17, 15) is 13.2 Å². The van der Waals surface area contributed by atoms with Crippen molar-refractivity contribution in [2.75, 3.05) is 6.61 Å². The van der Waals surface area contributed by atoms with E-state index >= 15 is 0 Å². The van der Waals surface area contributed by atoms with Crippen molar-refractivity contribution in [1.82, 2.24) is 5.32 Å². The van der Waals surface area contributed by atoms with Crippen LogP contribution in [0.1, 0.15) is 23.3 Å². The number of benzene rings is 1. The van der Waals surface area contributed by atoms with Crippen LogP contribution in [0.2, 0.25) is 0 Å². The Hall–Kier alpha value is -1.11. The molecule has 114 valence electrons. The van der Waals surface area contributed by atoms with Crippen LogP contribution in [0, 0.1) is 5.82 Å². The monoisotopic (exact) mass is 315 g/mol. The molecular weight excluding hydrogens is 299 g/mol. The molecule has 0 amide bonds. The Morgan fingerprint density at radius 2 is 2.14 bits per heavy atom. The van der Waals surface area contributed by atoms with Gasteiger partial charge in [0.15, 0.2) is 0 Å². The molecule has 1 aliphatic rings. The molecule has 1 fully saturated rings. The van der Waals surface area contributed by atoms with Crippen LogP contribution in [0.3, 0.4) is 0 Å². The number of fused-ring (bicyclic) bond motifs is 1. The van der Waals surface area contributed by atoms with Gasteiger partial charge in [0, 0.05) is 33.1 Å². The molecule has 6 heteroatoms. The molecule has 1 N–H and O–H groups in total. The molecule has 0 atom stereocenters. The molecule has 3 rings (SSSR count). The number of halogens is 3. The highest BCUT2D eigenvalue weighted by Crippen LogP contribution is 2.34. The first kappa shape index (κ1) is 14.8. The van der Waals surface area contributed by atoms with E-state index in [0.717, 1.165) is 22.4 Å². The van der Waals surface area contributed by atoms with E-state index in [1.807, 2.05) is 6.07 Å². The second kappa shape index (κ2) is 6.34. The summed E-state index contributed by atoms with van der Waals surface area (Å²) in [5.41, 5.74) is 0.696. The number of nitrogens with one attached hydrogen (secondary N) is 1. The van der Waals surface area contributed by atoms with Crippen molar-refractivity contribution < 1.29 is 17.9 Å². The number of alkyl halides is 2. The van der Waals surface area contributed by atoms with Crippen LogP contribution in [-0.4, -0.2) is 19.1 Å². The summed E-state index contributed by atoms with van der Waals surface area (Å²) in [6.07, 6.45) is -0.180. The second-order valence-electron chi connectivity index (χ2n) is 5.18. The standard InChI is InChI=1S/C15H16F3NOS/c16-11-2-1-3-12-15(11)10(7-20-8-14(17)18)13(21-12)6-19-9-4-5-9/h1-3,9,14,19H,4-8H2. The maximum absolute atomic E-state index is 14.0. The third kappa shape index (κ3) is 3.56. The first-order valence-electron chi connectivity index (χ1n) is 6.93. The minimum absolute atomic E-state index is 0.0208. The first-order chi connectivity index (χ1) is 10.1. The Labute approximate surface area is 124 Å². The fourth-order valence-electron chi connectivity index (χ4n) is 2.29. The van der Waals surface area contributed by atoms with Crippen LogP contribution in [0.25, 0.3) is 10.1 Å². The smallest absolute Gasteiger partial charge is 0.261 e. The van der Waals surface area contributed by atoms with E-state index in [0.29, 0.717) is 23.5 Å². The highest BCUT2D eigenvalue weighted by Gasteiger charge is 2.22. The SMILES string of the molecule is Fc1cccc2sc(CNC3CC3)c(COCC(F)F)c12. The molecule has 0 spiro atoms. The van der Waals surface area contributed by atoms with E-state index in [2.05, 4.69) is 5.32 Å². The van der Waals surface area contributed by atoms with Crippen molar-refractivity contribution in [1.29, 1.82) is 0 Å².